The highest BCUT2D eigenvalue weighted by Gasteiger charge is 2.21. The van der Waals surface area contributed by atoms with E-state index >= 15 is 0 Å². The highest BCUT2D eigenvalue weighted by Crippen LogP contribution is 2.47. The second-order valence-electron chi connectivity index (χ2n) is 15.2. The van der Waals surface area contributed by atoms with E-state index < -0.39 is 0 Å². The Hall–Kier alpha value is -7.94. The van der Waals surface area contributed by atoms with Gasteiger partial charge in [-0.1, -0.05) is 194 Å². The van der Waals surface area contributed by atoms with Crippen molar-refractivity contribution in [3.63, 3.8) is 0 Å². The van der Waals surface area contributed by atoms with E-state index in [1.165, 1.54) is 61.0 Å². The number of furan rings is 1. The van der Waals surface area contributed by atoms with Crippen LogP contribution in [0.1, 0.15) is 0 Å². The van der Waals surface area contributed by atoms with Crippen LogP contribution in [0.25, 0.3) is 88.3 Å². The zero-order valence-corrected chi connectivity index (χ0v) is 32.9. The van der Waals surface area contributed by atoms with Gasteiger partial charge in [0.2, 0.25) is 0 Å². The third kappa shape index (κ3) is 6.23. The molecule has 282 valence electrons. The smallest absolute Gasteiger partial charge is 0.137 e. The predicted octanol–water partition coefficient (Wildman–Crippen LogP) is 16.5. The van der Waals surface area contributed by atoms with Crippen molar-refractivity contribution in [1.82, 2.24) is 0 Å². The fourth-order valence-corrected chi connectivity index (χ4v) is 8.92. The maximum atomic E-state index is 6.46. The molecule has 0 saturated carbocycles. The summed E-state index contributed by atoms with van der Waals surface area (Å²) in [5.41, 5.74) is 16.9. The van der Waals surface area contributed by atoms with E-state index in [1.54, 1.807) is 0 Å². The Kier molecular flexibility index (Phi) is 8.87. The molecule has 0 saturated heterocycles. The molecule has 1 aromatic heterocycles. The Morgan fingerprint density at radius 1 is 0.250 bits per heavy atom. The summed E-state index contributed by atoms with van der Waals surface area (Å²) < 4.78 is 6.46. The minimum absolute atomic E-state index is 0.863. The van der Waals surface area contributed by atoms with Gasteiger partial charge >= 0.3 is 0 Å². The maximum Gasteiger partial charge on any atom is 0.137 e. The normalized spacial score (nSPS) is 11.3. The molecule has 0 spiro atoms. The van der Waals surface area contributed by atoms with Crippen LogP contribution in [0.3, 0.4) is 0 Å². The van der Waals surface area contributed by atoms with Gasteiger partial charge in [0.25, 0.3) is 0 Å². The highest BCUT2D eigenvalue weighted by atomic mass is 16.3. The van der Waals surface area contributed by atoms with Crippen LogP contribution in [0.2, 0.25) is 0 Å². The Morgan fingerprint density at radius 2 is 0.700 bits per heavy atom. The fourth-order valence-electron chi connectivity index (χ4n) is 8.92. The molecule has 0 aliphatic rings. The number of fused-ring (bicyclic) bond motifs is 4. The molecule has 10 aromatic carbocycles. The molecule has 2 nitrogen and oxygen atoms in total. The number of benzene rings is 10. The molecule has 1 heterocycles. The second-order valence-corrected chi connectivity index (χ2v) is 15.2. The zero-order valence-electron chi connectivity index (χ0n) is 32.9. The monoisotopic (exact) mass is 765 g/mol. The summed E-state index contributed by atoms with van der Waals surface area (Å²) in [6.07, 6.45) is 0. The number of rotatable bonds is 8. The third-order valence-corrected chi connectivity index (χ3v) is 11.7. The van der Waals surface area contributed by atoms with E-state index in [2.05, 4.69) is 229 Å². The van der Waals surface area contributed by atoms with Crippen LogP contribution in [-0.2, 0) is 0 Å². The molecule has 0 aliphatic heterocycles. The average molecular weight is 766 g/mol. The van der Waals surface area contributed by atoms with Crippen LogP contribution >= 0.6 is 0 Å². The van der Waals surface area contributed by atoms with Gasteiger partial charge in [-0.05, 0) is 97.4 Å². The zero-order chi connectivity index (χ0) is 39.8. The van der Waals surface area contributed by atoms with E-state index in [0.29, 0.717) is 0 Å². The largest absolute Gasteiger partial charge is 0.456 e. The first-order valence-electron chi connectivity index (χ1n) is 20.5. The molecule has 0 bridgehead atoms. The number of nitrogens with zero attached hydrogens (tertiary/aromatic N) is 1. The van der Waals surface area contributed by atoms with Crippen LogP contribution in [-0.4, -0.2) is 0 Å². The van der Waals surface area contributed by atoms with Gasteiger partial charge in [0.05, 0.1) is 5.69 Å². The summed E-state index contributed by atoms with van der Waals surface area (Å²) in [5.74, 6) is 0. The molecule has 11 aromatic rings. The third-order valence-electron chi connectivity index (χ3n) is 11.7. The molecule has 60 heavy (non-hydrogen) atoms. The van der Waals surface area contributed by atoms with Gasteiger partial charge in [0.1, 0.15) is 11.2 Å². The van der Waals surface area contributed by atoms with E-state index in [-0.39, 0.29) is 0 Å². The molecule has 11 rings (SSSR count). The van der Waals surface area contributed by atoms with Crippen molar-refractivity contribution >= 4 is 49.8 Å². The van der Waals surface area contributed by atoms with Crippen molar-refractivity contribution < 1.29 is 4.42 Å². The lowest BCUT2D eigenvalue weighted by Gasteiger charge is -2.28. The minimum Gasteiger partial charge on any atom is -0.456 e. The summed E-state index contributed by atoms with van der Waals surface area (Å²) in [6, 6.07) is 84.9. The molecule has 0 unspecified atom stereocenters. The van der Waals surface area contributed by atoms with E-state index in [0.717, 1.165) is 44.4 Å². The molecule has 0 radical (unpaired) electrons. The molecule has 0 atom stereocenters. The van der Waals surface area contributed by atoms with Gasteiger partial charge in [-0.2, -0.15) is 0 Å². The quantitative estimate of drug-likeness (QED) is 0.153. The van der Waals surface area contributed by atoms with E-state index in [9.17, 15) is 0 Å². The van der Waals surface area contributed by atoms with Crippen LogP contribution in [0.4, 0.5) is 17.1 Å². The lowest BCUT2D eigenvalue weighted by Crippen LogP contribution is -2.10. The van der Waals surface area contributed by atoms with Crippen molar-refractivity contribution in [2.24, 2.45) is 0 Å². The maximum absolute atomic E-state index is 6.46. The molecular weight excluding hydrogens is 727 g/mol. The number of anilines is 3. The highest BCUT2D eigenvalue weighted by molar-refractivity contribution is 6.10. The van der Waals surface area contributed by atoms with Crippen molar-refractivity contribution in [3.8, 4) is 55.6 Å². The van der Waals surface area contributed by atoms with Crippen molar-refractivity contribution in [2.45, 2.75) is 0 Å². The first kappa shape index (κ1) is 35.2. The van der Waals surface area contributed by atoms with Crippen LogP contribution in [0.15, 0.2) is 241 Å². The van der Waals surface area contributed by atoms with E-state index in [4.69, 9.17) is 4.42 Å². The molecule has 0 amide bonds. The van der Waals surface area contributed by atoms with Gasteiger partial charge < -0.3 is 9.32 Å². The average Bonchev–Trinajstić information content (AvgIpc) is 3.70. The van der Waals surface area contributed by atoms with Crippen LogP contribution < -0.4 is 4.90 Å². The SMILES string of the molecule is c1ccc(-c2ccc(N(c3ccc4c(c3)oc3ccccc34)c3ccc(-c4ccccc4-c4ccccc4-c4ccccc4-c4ccccc4)c4ccccc34)cc2)cc1. The van der Waals surface area contributed by atoms with Crippen LogP contribution in [0.5, 0.6) is 0 Å². The number of hydrogen-bond donors (Lipinski definition) is 0. The molecule has 0 aliphatic carbocycles. The Balaban J connectivity index is 1.08. The molecular formula is C58H39NO. The fraction of sp³-hybridized carbons (Fsp3) is 0. The molecule has 2 heteroatoms. The first-order valence-corrected chi connectivity index (χ1v) is 20.5. The van der Waals surface area contributed by atoms with Gasteiger partial charge in [0, 0.05) is 33.6 Å². The number of para-hydroxylation sites is 1. The lowest BCUT2D eigenvalue weighted by atomic mass is 9.85. The summed E-state index contributed by atoms with van der Waals surface area (Å²) in [4.78, 5) is 2.37. The standard InChI is InChI=1S/C58H39NO/c1-3-17-40(18-4-1)41-31-33-43(34-32-41)59(44-35-36-55-54-29-15-16-30-57(54)60-58(55)39-44)56-38-37-52(51-27-13-14-28-53(51)56)50-26-12-11-25-49(50)48-24-10-9-23-47(48)46-22-8-7-21-45(46)42-19-5-2-6-20-42/h1-39H. The minimum atomic E-state index is 0.863. The van der Waals surface area contributed by atoms with Gasteiger partial charge in [-0.3, -0.25) is 0 Å². The summed E-state index contributed by atoms with van der Waals surface area (Å²) in [6.45, 7) is 0. The Bertz CT molecular complexity index is 3310. The Labute approximate surface area is 349 Å². The van der Waals surface area contributed by atoms with Crippen molar-refractivity contribution in [3.05, 3.63) is 237 Å². The van der Waals surface area contributed by atoms with Crippen molar-refractivity contribution in [2.75, 3.05) is 4.90 Å². The summed E-state index contributed by atoms with van der Waals surface area (Å²) in [5, 5.41) is 4.57. The van der Waals surface area contributed by atoms with Gasteiger partial charge in [0.15, 0.2) is 0 Å². The summed E-state index contributed by atoms with van der Waals surface area (Å²) in [7, 11) is 0. The number of hydrogen-bond acceptors (Lipinski definition) is 2. The van der Waals surface area contributed by atoms with Crippen LogP contribution in [0, 0.1) is 0 Å². The topological polar surface area (TPSA) is 16.4 Å². The molecule has 0 fully saturated rings. The summed E-state index contributed by atoms with van der Waals surface area (Å²) >= 11 is 0. The second kappa shape index (κ2) is 15.1. The van der Waals surface area contributed by atoms with E-state index in [1.807, 2.05) is 12.1 Å². The molecule has 0 N–H and O–H groups in total. The van der Waals surface area contributed by atoms with Gasteiger partial charge in [-0.25, -0.2) is 0 Å². The van der Waals surface area contributed by atoms with Gasteiger partial charge in [-0.15, -0.1) is 0 Å². The first-order chi connectivity index (χ1) is 29.8. The van der Waals surface area contributed by atoms with Crippen molar-refractivity contribution in [1.29, 1.82) is 0 Å². The lowest BCUT2D eigenvalue weighted by molar-refractivity contribution is 0.669. The predicted molar refractivity (Wildman–Crippen MR) is 253 cm³/mol. The Morgan fingerprint density at radius 3 is 1.35 bits per heavy atom.